The zero-order valence-corrected chi connectivity index (χ0v) is 12.7. The molecular weight excluding hydrogens is 280 g/mol. The van der Waals surface area contributed by atoms with Crippen molar-refractivity contribution in [2.75, 3.05) is 0 Å². The average Bonchev–Trinajstić information content (AvgIpc) is 2.66. The van der Waals surface area contributed by atoms with Gasteiger partial charge in [0, 0.05) is 18.2 Å². The number of halogens is 1. The molecule has 2 aliphatic heterocycles. The summed E-state index contributed by atoms with van der Waals surface area (Å²) in [5.74, 6) is -0.143. The first-order valence-electron chi connectivity index (χ1n) is 6.53. The van der Waals surface area contributed by atoms with Gasteiger partial charge in [0.2, 0.25) is 5.91 Å². The Morgan fingerprint density at radius 3 is 2.70 bits per heavy atom. The number of nitrogens with one attached hydrogen (secondary N) is 1. The monoisotopic (exact) mass is 298 g/mol. The van der Waals surface area contributed by atoms with Gasteiger partial charge >= 0.3 is 0 Å². The number of amides is 1. The summed E-state index contributed by atoms with van der Waals surface area (Å²) in [7, 11) is 0. The molecule has 5 nitrogen and oxygen atoms in total. The van der Waals surface area contributed by atoms with Crippen molar-refractivity contribution in [2.24, 2.45) is 0 Å². The Labute approximate surface area is 123 Å². The van der Waals surface area contributed by atoms with Crippen molar-refractivity contribution < 1.29 is 14.7 Å². The quantitative estimate of drug-likeness (QED) is 0.588. The van der Waals surface area contributed by atoms with E-state index in [-0.39, 0.29) is 17.7 Å². The van der Waals surface area contributed by atoms with E-state index in [4.69, 9.17) is 11.6 Å². The van der Waals surface area contributed by atoms with Gasteiger partial charge in [-0.15, -0.1) is 11.6 Å². The number of ketones is 1. The first-order chi connectivity index (χ1) is 9.19. The molecule has 0 aromatic carbocycles. The van der Waals surface area contributed by atoms with Crippen LogP contribution in [0.25, 0.3) is 0 Å². The summed E-state index contributed by atoms with van der Waals surface area (Å²) in [6, 6.07) is -0.249. The van der Waals surface area contributed by atoms with E-state index in [0.717, 1.165) is 5.57 Å². The van der Waals surface area contributed by atoms with E-state index in [9.17, 15) is 14.7 Å². The number of hydrogen-bond donors (Lipinski definition) is 2. The molecule has 0 unspecified atom stereocenters. The molecule has 1 saturated heterocycles. The maximum atomic E-state index is 12.2. The summed E-state index contributed by atoms with van der Waals surface area (Å²) >= 11 is 6.16. The number of carbonyl (C=O) groups excluding carboxylic acids is 2. The largest absolute Gasteiger partial charge is 0.389 e. The molecule has 0 aromatic heterocycles. The van der Waals surface area contributed by atoms with Crippen LogP contribution in [0.4, 0.5) is 0 Å². The number of hydrogen-bond acceptors (Lipinski definition) is 4. The van der Waals surface area contributed by atoms with Crippen LogP contribution < -0.4 is 5.32 Å². The highest BCUT2D eigenvalue weighted by atomic mass is 35.5. The molecule has 4 atom stereocenters. The van der Waals surface area contributed by atoms with Crippen LogP contribution >= 0.6 is 11.6 Å². The summed E-state index contributed by atoms with van der Waals surface area (Å²) in [6.07, 6.45) is 1.84. The SMILES string of the molecule is CC(C)=CC(=O)NC1=CC(=O)[C@@]2(C)[C@H](O)[C@@H](Cl)[C@H](C)N12. The molecule has 0 aliphatic carbocycles. The summed E-state index contributed by atoms with van der Waals surface area (Å²) in [5.41, 5.74) is -0.237. The third-order valence-corrected chi connectivity index (χ3v) is 4.55. The van der Waals surface area contributed by atoms with Crippen molar-refractivity contribution in [1.82, 2.24) is 10.2 Å². The lowest BCUT2D eigenvalue weighted by atomic mass is 9.92. The highest BCUT2D eigenvalue weighted by Crippen LogP contribution is 2.43. The van der Waals surface area contributed by atoms with Gasteiger partial charge in [0.25, 0.3) is 0 Å². The molecule has 20 heavy (non-hydrogen) atoms. The van der Waals surface area contributed by atoms with Crippen LogP contribution in [0.5, 0.6) is 0 Å². The van der Waals surface area contributed by atoms with Crippen LogP contribution in [0, 0.1) is 0 Å². The van der Waals surface area contributed by atoms with E-state index in [1.165, 1.54) is 12.2 Å². The predicted octanol–water partition coefficient (Wildman–Crippen LogP) is 0.924. The van der Waals surface area contributed by atoms with Crippen molar-refractivity contribution in [3.8, 4) is 0 Å². The number of rotatable bonds is 2. The van der Waals surface area contributed by atoms with Gasteiger partial charge in [0.05, 0.1) is 5.38 Å². The second kappa shape index (κ2) is 4.90. The van der Waals surface area contributed by atoms with Crippen LogP contribution in [-0.4, -0.2) is 44.8 Å². The number of aliphatic hydroxyl groups is 1. The number of carbonyl (C=O) groups is 2. The Balaban J connectivity index is 2.30. The summed E-state index contributed by atoms with van der Waals surface area (Å²) < 4.78 is 0. The maximum absolute atomic E-state index is 12.2. The van der Waals surface area contributed by atoms with E-state index < -0.39 is 17.0 Å². The number of alkyl halides is 1. The minimum absolute atomic E-state index is 0.243. The minimum atomic E-state index is -1.10. The Kier molecular flexibility index (Phi) is 3.69. The molecule has 2 aliphatic rings. The standard InChI is InChI=1S/C14H19ClN2O3/c1-7(2)5-11(19)16-10-6-9(18)14(4)13(20)12(15)8(3)17(10)14/h5-6,8,12-13,20H,1-4H3,(H,16,19)/t8-,12-,13+,14-/m0/s1. The maximum Gasteiger partial charge on any atom is 0.249 e. The highest BCUT2D eigenvalue weighted by molar-refractivity contribution is 6.22. The highest BCUT2D eigenvalue weighted by Gasteiger charge is 2.61. The molecule has 0 radical (unpaired) electrons. The molecule has 0 bridgehead atoms. The molecule has 2 heterocycles. The summed E-state index contributed by atoms with van der Waals surface area (Å²) in [6.45, 7) is 7.10. The van der Waals surface area contributed by atoms with Crippen LogP contribution in [0.3, 0.4) is 0 Å². The number of nitrogens with zero attached hydrogens (tertiary/aromatic N) is 1. The first kappa shape index (κ1) is 15.1. The van der Waals surface area contributed by atoms with Gasteiger partial charge < -0.3 is 15.3 Å². The topological polar surface area (TPSA) is 69.6 Å². The van der Waals surface area contributed by atoms with Crippen molar-refractivity contribution in [1.29, 1.82) is 0 Å². The first-order valence-corrected chi connectivity index (χ1v) is 6.96. The zero-order valence-electron chi connectivity index (χ0n) is 12.0. The fourth-order valence-electron chi connectivity index (χ4n) is 2.88. The summed E-state index contributed by atoms with van der Waals surface area (Å²) in [5, 5.41) is 12.3. The van der Waals surface area contributed by atoms with Crippen molar-refractivity contribution >= 4 is 23.3 Å². The Bertz CT molecular complexity index is 525. The summed E-state index contributed by atoms with van der Waals surface area (Å²) in [4.78, 5) is 25.7. The molecular formula is C14H19ClN2O3. The molecule has 2 rings (SSSR count). The fourth-order valence-corrected chi connectivity index (χ4v) is 3.23. The van der Waals surface area contributed by atoms with Crippen LogP contribution in [-0.2, 0) is 9.59 Å². The van der Waals surface area contributed by atoms with E-state index in [1.54, 1.807) is 11.8 Å². The Morgan fingerprint density at radius 2 is 2.15 bits per heavy atom. The molecule has 2 N–H and O–H groups in total. The molecule has 110 valence electrons. The van der Waals surface area contributed by atoms with E-state index in [1.807, 2.05) is 20.8 Å². The number of allylic oxidation sites excluding steroid dienone is 1. The van der Waals surface area contributed by atoms with Crippen molar-refractivity contribution in [2.45, 2.75) is 50.8 Å². The van der Waals surface area contributed by atoms with Crippen LogP contribution in [0.15, 0.2) is 23.5 Å². The van der Waals surface area contributed by atoms with Crippen molar-refractivity contribution in [3.63, 3.8) is 0 Å². The van der Waals surface area contributed by atoms with E-state index >= 15 is 0 Å². The molecule has 0 aromatic rings. The normalized spacial score (nSPS) is 35.7. The van der Waals surface area contributed by atoms with E-state index in [2.05, 4.69) is 5.32 Å². The second-order valence-electron chi connectivity index (χ2n) is 5.75. The van der Waals surface area contributed by atoms with Gasteiger partial charge in [-0.05, 0) is 27.7 Å². The van der Waals surface area contributed by atoms with Gasteiger partial charge in [-0.3, -0.25) is 9.59 Å². The minimum Gasteiger partial charge on any atom is -0.389 e. The molecule has 0 spiro atoms. The second-order valence-corrected chi connectivity index (χ2v) is 6.26. The van der Waals surface area contributed by atoms with Crippen LogP contribution in [0.2, 0.25) is 0 Å². The van der Waals surface area contributed by atoms with Gasteiger partial charge in [-0.1, -0.05) is 5.57 Å². The van der Waals surface area contributed by atoms with Gasteiger partial charge in [-0.2, -0.15) is 0 Å². The fraction of sp³-hybridized carbons (Fsp3) is 0.571. The molecule has 1 amide bonds. The zero-order chi connectivity index (χ0) is 15.2. The lowest BCUT2D eigenvalue weighted by molar-refractivity contribution is -0.125. The molecule has 0 saturated carbocycles. The third kappa shape index (κ3) is 2.05. The average molecular weight is 299 g/mol. The third-order valence-electron chi connectivity index (χ3n) is 3.94. The Hall–Kier alpha value is -1.33. The number of fused-ring (bicyclic) bond motifs is 1. The molecule has 6 heteroatoms. The lowest BCUT2D eigenvalue weighted by Crippen LogP contribution is -2.52. The Morgan fingerprint density at radius 1 is 1.55 bits per heavy atom. The predicted molar refractivity (Wildman–Crippen MR) is 76.0 cm³/mol. The van der Waals surface area contributed by atoms with Gasteiger partial charge in [0.1, 0.15) is 17.5 Å². The smallest absolute Gasteiger partial charge is 0.249 e. The lowest BCUT2D eigenvalue weighted by Gasteiger charge is -2.34. The molecule has 1 fully saturated rings. The van der Waals surface area contributed by atoms with Crippen molar-refractivity contribution in [3.05, 3.63) is 23.5 Å². The number of aliphatic hydroxyl groups excluding tert-OH is 1. The van der Waals surface area contributed by atoms with Crippen LogP contribution in [0.1, 0.15) is 27.7 Å². The van der Waals surface area contributed by atoms with E-state index in [0.29, 0.717) is 5.82 Å². The van der Waals surface area contributed by atoms with Gasteiger partial charge in [-0.25, -0.2) is 0 Å². The van der Waals surface area contributed by atoms with Gasteiger partial charge in [0.15, 0.2) is 5.78 Å².